The summed E-state index contributed by atoms with van der Waals surface area (Å²) in [7, 11) is 0. The van der Waals surface area contributed by atoms with Crippen LogP contribution < -0.4 is 5.56 Å². The van der Waals surface area contributed by atoms with Gasteiger partial charge < -0.3 is 14.7 Å². The molecule has 0 spiro atoms. The van der Waals surface area contributed by atoms with Gasteiger partial charge in [-0.15, -0.1) is 11.3 Å². The third kappa shape index (κ3) is 3.67. The Balaban J connectivity index is 1.67. The maximum absolute atomic E-state index is 12.7. The average Bonchev–Trinajstić information content (AvgIpc) is 3.22. The first-order valence-electron chi connectivity index (χ1n) is 9.20. The Bertz CT molecular complexity index is 1290. The largest absolute Gasteiger partial charge is 0.462 e. The van der Waals surface area contributed by atoms with Crippen LogP contribution in [-0.2, 0) is 4.74 Å². The number of carbonyl (C=O) groups excluding carboxylic acids is 1. The molecule has 1 aromatic carbocycles. The Labute approximate surface area is 174 Å². The number of H-pyrrole nitrogens is 2. The van der Waals surface area contributed by atoms with Gasteiger partial charge in [0.2, 0.25) is 0 Å². The van der Waals surface area contributed by atoms with Crippen molar-refractivity contribution in [2.75, 3.05) is 6.61 Å². The highest BCUT2D eigenvalue weighted by atomic mass is 32.2. The minimum atomic E-state index is -0.422. The number of rotatable bonds is 5. The highest BCUT2D eigenvalue weighted by molar-refractivity contribution is 7.99. The molecule has 1 unspecified atom stereocenters. The van der Waals surface area contributed by atoms with Crippen molar-refractivity contribution in [3.05, 3.63) is 50.4 Å². The summed E-state index contributed by atoms with van der Waals surface area (Å²) in [5, 5.41) is 1.07. The maximum atomic E-state index is 12.7. The molecule has 29 heavy (non-hydrogen) atoms. The second kappa shape index (κ2) is 7.64. The predicted octanol–water partition coefficient (Wildman–Crippen LogP) is 4.51. The van der Waals surface area contributed by atoms with E-state index in [1.165, 1.54) is 23.1 Å². The first-order valence-corrected chi connectivity index (χ1v) is 10.9. The monoisotopic (exact) mass is 428 g/mol. The van der Waals surface area contributed by atoms with E-state index in [9.17, 15) is 9.59 Å². The Hall–Kier alpha value is -2.65. The molecular formula is C20H20N4O3S2. The smallest absolute Gasteiger partial charge is 0.348 e. The predicted molar refractivity (Wildman–Crippen MR) is 116 cm³/mol. The van der Waals surface area contributed by atoms with Crippen LogP contribution >= 0.6 is 23.1 Å². The Morgan fingerprint density at radius 1 is 1.28 bits per heavy atom. The van der Waals surface area contributed by atoms with Crippen molar-refractivity contribution in [1.29, 1.82) is 0 Å². The molecule has 0 saturated carbocycles. The van der Waals surface area contributed by atoms with Crippen LogP contribution in [0.1, 0.15) is 45.7 Å². The first kappa shape index (κ1) is 19.7. The summed E-state index contributed by atoms with van der Waals surface area (Å²) >= 11 is 2.68. The number of nitrogens with zero attached hydrogens (tertiary/aromatic N) is 2. The number of ether oxygens (including phenoxy) is 1. The maximum Gasteiger partial charge on any atom is 0.348 e. The minimum Gasteiger partial charge on any atom is -0.462 e. The van der Waals surface area contributed by atoms with E-state index in [0.29, 0.717) is 26.5 Å². The van der Waals surface area contributed by atoms with Gasteiger partial charge in [-0.05, 0) is 51.0 Å². The second-order valence-corrected chi connectivity index (χ2v) is 9.06. The average molecular weight is 429 g/mol. The number of thioether (sulfide) groups is 1. The molecule has 150 valence electrons. The molecule has 3 heterocycles. The van der Waals surface area contributed by atoms with Crippen molar-refractivity contribution in [2.24, 2.45) is 0 Å². The minimum absolute atomic E-state index is 0.137. The number of nitrogens with one attached hydrogen (secondary N) is 2. The lowest BCUT2D eigenvalue weighted by molar-refractivity contribution is 0.0531. The zero-order valence-corrected chi connectivity index (χ0v) is 18.1. The fourth-order valence-electron chi connectivity index (χ4n) is 3.12. The molecule has 0 amide bonds. The number of benzene rings is 1. The van der Waals surface area contributed by atoms with E-state index >= 15 is 0 Å². The van der Waals surface area contributed by atoms with Crippen LogP contribution in [0.4, 0.5) is 0 Å². The van der Waals surface area contributed by atoms with Crippen LogP contribution in [0.3, 0.4) is 0 Å². The van der Waals surface area contributed by atoms with Gasteiger partial charge in [0.1, 0.15) is 15.5 Å². The molecule has 0 fully saturated rings. The normalized spacial score (nSPS) is 12.6. The first-order chi connectivity index (χ1) is 13.9. The fourth-order valence-corrected chi connectivity index (χ4v) is 5.08. The molecule has 0 aliphatic heterocycles. The topological polar surface area (TPSA) is 101 Å². The quantitative estimate of drug-likeness (QED) is 0.358. The van der Waals surface area contributed by atoms with Gasteiger partial charge in [-0.1, -0.05) is 17.8 Å². The Morgan fingerprint density at radius 2 is 2.07 bits per heavy atom. The van der Waals surface area contributed by atoms with Gasteiger partial charge in [0.25, 0.3) is 5.56 Å². The van der Waals surface area contributed by atoms with Gasteiger partial charge in [-0.3, -0.25) is 4.79 Å². The summed E-state index contributed by atoms with van der Waals surface area (Å²) in [6.07, 6.45) is 0. The molecular weight excluding hydrogens is 408 g/mol. The van der Waals surface area contributed by atoms with Crippen LogP contribution in [0.15, 0.2) is 28.2 Å². The summed E-state index contributed by atoms with van der Waals surface area (Å²) in [5.74, 6) is 0.120. The van der Waals surface area contributed by atoms with Gasteiger partial charge >= 0.3 is 5.97 Å². The third-order valence-electron chi connectivity index (χ3n) is 4.57. The van der Waals surface area contributed by atoms with Gasteiger partial charge in [-0.2, -0.15) is 0 Å². The van der Waals surface area contributed by atoms with Crippen molar-refractivity contribution >= 4 is 50.3 Å². The highest BCUT2D eigenvalue weighted by Crippen LogP contribution is 2.34. The summed E-state index contributed by atoms with van der Waals surface area (Å²) in [6, 6.07) is 6.05. The van der Waals surface area contributed by atoms with Crippen LogP contribution in [0.25, 0.3) is 21.3 Å². The fraction of sp³-hybridized carbons (Fsp3) is 0.300. The summed E-state index contributed by atoms with van der Waals surface area (Å²) in [4.78, 5) is 41.2. The SMILES string of the molecule is CCOC(=O)c1sc2nc(C(C)Sc3nc4ccc(C)cc4[nH]3)[nH]c(=O)c2c1C. The van der Waals surface area contributed by atoms with E-state index in [-0.39, 0.29) is 17.4 Å². The van der Waals surface area contributed by atoms with E-state index in [2.05, 4.69) is 26.0 Å². The van der Waals surface area contributed by atoms with Crippen LogP contribution in [0, 0.1) is 13.8 Å². The number of carbonyl (C=O) groups is 1. The number of hydrogen-bond acceptors (Lipinski definition) is 7. The molecule has 0 bridgehead atoms. The second-order valence-electron chi connectivity index (χ2n) is 6.73. The standard InChI is InChI=1S/C20H20N4O3S2/c1-5-27-19(26)15-10(3)14-17(25)23-16(24-18(14)29-15)11(4)28-20-21-12-7-6-9(2)8-13(12)22-20/h6-8,11H,5H2,1-4H3,(H,21,22)(H,23,24,25). The molecule has 2 N–H and O–H groups in total. The number of aromatic amines is 2. The van der Waals surface area contributed by atoms with E-state index in [4.69, 9.17) is 4.74 Å². The number of esters is 1. The molecule has 0 radical (unpaired) electrons. The Morgan fingerprint density at radius 3 is 2.83 bits per heavy atom. The molecule has 3 aromatic heterocycles. The Kier molecular flexibility index (Phi) is 5.18. The van der Waals surface area contributed by atoms with Gasteiger partial charge in [-0.25, -0.2) is 14.8 Å². The lowest BCUT2D eigenvalue weighted by Gasteiger charge is -2.08. The molecule has 0 saturated heterocycles. The van der Waals surface area contributed by atoms with E-state index < -0.39 is 5.97 Å². The number of hydrogen-bond donors (Lipinski definition) is 2. The van der Waals surface area contributed by atoms with Crippen molar-refractivity contribution < 1.29 is 9.53 Å². The van der Waals surface area contributed by atoms with Crippen molar-refractivity contribution in [3.8, 4) is 0 Å². The molecule has 0 aliphatic rings. The lowest BCUT2D eigenvalue weighted by Crippen LogP contribution is -2.13. The number of aryl methyl sites for hydroxylation is 2. The molecule has 4 aromatic rings. The van der Waals surface area contributed by atoms with E-state index in [1.54, 1.807) is 13.8 Å². The third-order valence-corrected chi connectivity index (χ3v) is 6.73. The molecule has 0 aliphatic carbocycles. The summed E-state index contributed by atoms with van der Waals surface area (Å²) in [6.45, 7) is 7.78. The number of imidazole rings is 1. The lowest BCUT2D eigenvalue weighted by atomic mass is 10.2. The van der Waals surface area contributed by atoms with Crippen molar-refractivity contribution in [3.63, 3.8) is 0 Å². The summed E-state index contributed by atoms with van der Waals surface area (Å²) < 4.78 is 5.09. The van der Waals surface area contributed by atoms with Crippen LogP contribution in [-0.4, -0.2) is 32.5 Å². The molecule has 1 atom stereocenters. The van der Waals surface area contributed by atoms with Crippen LogP contribution in [0.5, 0.6) is 0 Å². The zero-order chi connectivity index (χ0) is 20.7. The zero-order valence-electron chi connectivity index (χ0n) is 16.5. The molecule has 9 heteroatoms. The van der Waals surface area contributed by atoms with Crippen molar-refractivity contribution in [2.45, 2.75) is 38.1 Å². The summed E-state index contributed by atoms with van der Waals surface area (Å²) in [5.41, 5.74) is 3.39. The van der Waals surface area contributed by atoms with Crippen LogP contribution in [0.2, 0.25) is 0 Å². The number of aromatic nitrogens is 4. The van der Waals surface area contributed by atoms with Gasteiger partial charge in [0, 0.05) is 0 Å². The molecule has 7 nitrogen and oxygen atoms in total. The number of thiophene rings is 1. The van der Waals surface area contributed by atoms with Gasteiger partial charge in [0.15, 0.2) is 5.16 Å². The van der Waals surface area contributed by atoms with E-state index in [1.807, 2.05) is 26.0 Å². The van der Waals surface area contributed by atoms with E-state index in [0.717, 1.165) is 21.8 Å². The highest BCUT2D eigenvalue weighted by Gasteiger charge is 2.22. The number of fused-ring (bicyclic) bond motifs is 2. The molecule has 4 rings (SSSR count). The van der Waals surface area contributed by atoms with Gasteiger partial charge in [0.05, 0.1) is 28.3 Å². The van der Waals surface area contributed by atoms with Crippen molar-refractivity contribution in [1.82, 2.24) is 19.9 Å².